The quantitative estimate of drug-likeness (QED) is 0.570. The van der Waals surface area contributed by atoms with Crippen molar-refractivity contribution in [3.63, 3.8) is 0 Å². The number of H-pyrrole nitrogens is 1. The van der Waals surface area contributed by atoms with E-state index < -0.39 is 0 Å². The van der Waals surface area contributed by atoms with Gasteiger partial charge in [-0.05, 0) is 36.1 Å². The molecule has 2 aromatic carbocycles. The number of fused-ring (bicyclic) bond motifs is 1. The highest BCUT2D eigenvalue weighted by Gasteiger charge is 2.15. The Morgan fingerprint density at radius 3 is 2.72 bits per heavy atom. The zero-order valence-corrected chi connectivity index (χ0v) is 14.6. The molecule has 4 aromatic rings. The Morgan fingerprint density at radius 2 is 1.92 bits per heavy atom. The molecule has 25 heavy (non-hydrogen) atoms. The van der Waals surface area contributed by atoms with Crippen LogP contribution in [-0.4, -0.2) is 15.9 Å². The molecule has 0 radical (unpaired) electrons. The van der Waals surface area contributed by atoms with Crippen LogP contribution in [0, 0.1) is 6.92 Å². The molecule has 4 nitrogen and oxygen atoms in total. The molecule has 2 aromatic heterocycles. The SMILES string of the molecule is Cc1ccc(-c2ccsc2C(=O)NCc2nc3ccccc3[nH]2)cc1. The second kappa shape index (κ2) is 6.53. The maximum atomic E-state index is 12.6. The lowest BCUT2D eigenvalue weighted by molar-refractivity contribution is 0.0954. The number of carbonyl (C=O) groups excluding carboxylic acids is 1. The van der Waals surface area contributed by atoms with Crippen LogP contribution in [0.5, 0.6) is 0 Å². The summed E-state index contributed by atoms with van der Waals surface area (Å²) in [5.41, 5.74) is 5.11. The zero-order chi connectivity index (χ0) is 17.2. The van der Waals surface area contributed by atoms with E-state index in [0.29, 0.717) is 6.54 Å². The second-order valence-electron chi connectivity index (χ2n) is 5.91. The predicted octanol–water partition coefficient (Wildman–Crippen LogP) is 4.53. The van der Waals surface area contributed by atoms with Crippen molar-refractivity contribution >= 4 is 28.3 Å². The number of nitrogens with zero attached hydrogens (tertiary/aromatic N) is 1. The van der Waals surface area contributed by atoms with Crippen LogP contribution in [0.1, 0.15) is 21.1 Å². The lowest BCUT2D eigenvalue weighted by Crippen LogP contribution is -2.23. The van der Waals surface area contributed by atoms with Crippen molar-refractivity contribution in [2.45, 2.75) is 13.5 Å². The van der Waals surface area contributed by atoms with Crippen molar-refractivity contribution < 1.29 is 4.79 Å². The fourth-order valence-electron chi connectivity index (χ4n) is 2.78. The van der Waals surface area contributed by atoms with Gasteiger partial charge in [0.1, 0.15) is 5.82 Å². The molecular formula is C20H17N3OS. The zero-order valence-electron chi connectivity index (χ0n) is 13.7. The third kappa shape index (κ3) is 3.19. The fraction of sp³-hybridized carbons (Fsp3) is 0.100. The third-order valence-corrected chi connectivity index (χ3v) is 5.00. The van der Waals surface area contributed by atoms with Crippen LogP contribution in [0.2, 0.25) is 0 Å². The number of hydrogen-bond donors (Lipinski definition) is 2. The number of aryl methyl sites for hydroxylation is 1. The molecule has 5 heteroatoms. The third-order valence-electron chi connectivity index (χ3n) is 4.09. The van der Waals surface area contributed by atoms with Crippen LogP contribution in [0.3, 0.4) is 0 Å². The molecule has 0 atom stereocenters. The number of nitrogens with one attached hydrogen (secondary N) is 2. The van der Waals surface area contributed by atoms with Crippen molar-refractivity contribution in [2.24, 2.45) is 0 Å². The summed E-state index contributed by atoms with van der Waals surface area (Å²) >= 11 is 1.45. The molecule has 0 fully saturated rings. The normalized spacial score (nSPS) is 10.9. The average molecular weight is 347 g/mol. The van der Waals surface area contributed by atoms with Gasteiger partial charge in [-0.3, -0.25) is 4.79 Å². The maximum absolute atomic E-state index is 12.6. The van der Waals surface area contributed by atoms with E-state index >= 15 is 0 Å². The first-order valence-electron chi connectivity index (χ1n) is 8.07. The maximum Gasteiger partial charge on any atom is 0.262 e. The largest absolute Gasteiger partial charge is 0.344 e. The number of thiophene rings is 1. The molecule has 2 N–H and O–H groups in total. The summed E-state index contributed by atoms with van der Waals surface area (Å²) in [6.45, 7) is 2.43. The monoisotopic (exact) mass is 347 g/mol. The lowest BCUT2D eigenvalue weighted by atomic mass is 10.0. The van der Waals surface area contributed by atoms with Crippen LogP contribution in [0.25, 0.3) is 22.2 Å². The van der Waals surface area contributed by atoms with Crippen molar-refractivity contribution in [1.29, 1.82) is 0 Å². The molecule has 4 rings (SSSR count). The number of amides is 1. The average Bonchev–Trinajstić information content (AvgIpc) is 3.27. The van der Waals surface area contributed by atoms with E-state index in [0.717, 1.165) is 32.9 Å². The standard InChI is InChI=1S/C20H17N3OS/c1-13-6-8-14(9-7-13)15-10-11-25-19(15)20(24)21-12-18-22-16-4-2-3-5-17(16)23-18/h2-11H,12H2,1H3,(H,21,24)(H,22,23). The summed E-state index contributed by atoms with van der Waals surface area (Å²) in [7, 11) is 0. The van der Waals surface area contributed by atoms with Crippen molar-refractivity contribution in [2.75, 3.05) is 0 Å². The van der Waals surface area contributed by atoms with E-state index in [1.165, 1.54) is 16.9 Å². The van der Waals surface area contributed by atoms with Crippen LogP contribution in [-0.2, 0) is 6.54 Å². The number of para-hydroxylation sites is 2. The van der Waals surface area contributed by atoms with Gasteiger partial charge in [0.05, 0.1) is 22.5 Å². The first-order chi connectivity index (χ1) is 12.2. The highest BCUT2D eigenvalue weighted by atomic mass is 32.1. The highest BCUT2D eigenvalue weighted by molar-refractivity contribution is 7.12. The van der Waals surface area contributed by atoms with Gasteiger partial charge in [-0.2, -0.15) is 0 Å². The van der Waals surface area contributed by atoms with Gasteiger partial charge in [0.15, 0.2) is 0 Å². The van der Waals surface area contributed by atoms with Gasteiger partial charge < -0.3 is 10.3 Å². The minimum absolute atomic E-state index is 0.0777. The van der Waals surface area contributed by atoms with Crippen LogP contribution < -0.4 is 5.32 Å². The highest BCUT2D eigenvalue weighted by Crippen LogP contribution is 2.28. The number of benzene rings is 2. The summed E-state index contributed by atoms with van der Waals surface area (Å²) in [6, 6.07) is 18.0. The Balaban J connectivity index is 1.52. The summed E-state index contributed by atoms with van der Waals surface area (Å²) in [6.07, 6.45) is 0. The smallest absolute Gasteiger partial charge is 0.262 e. The first-order valence-corrected chi connectivity index (χ1v) is 8.95. The number of imidazole rings is 1. The number of aromatic amines is 1. The van der Waals surface area contributed by atoms with Gasteiger partial charge in [0.25, 0.3) is 5.91 Å². The molecule has 0 bridgehead atoms. The Labute approximate surface area is 149 Å². The molecule has 1 amide bonds. The Hall–Kier alpha value is -2.92. The predicted molar refractivity (Wildman–Crippen MR) is 102 cm³/mol. The molecule has 0 unspecified atom stereocenters. The van der Waals surface area contributed by atoms with Gasteiger partial charge in [-0.1, -0.05) is 42.0 Å². The van der Waals surface area contributed by atoms with Crippen LogP contribution in [0.4, 0.5) is 0 Å². The summed E-state index contributed by atoms with van der Waals surface area (Å²) in [5, 5.41) is 4.91. The Bertz CT molecular complexity index is 997. The van der Waals surface area contributed by atoms with Gasteiger partial charge >= 0.3 is 0 Å². The van der Waals surface area contributed by atoms with Gasteiger partial charge in [-0.15, -0.1) is 11.3 Å². The van der Waals surface area contributed by atoms with Gasteiger partial charge in [0.2, 0.25) is 0 Å². The molecule has 0 aliphatic carbocycles. The molecule has 124 valence electrons. The molecule has 0 spiro atoms. The van der Waals surface area contributed by atoms with E-state index in [1.807, 2.05) is 47.8 Å². The minimum atomic E-state index is -0.0777. The number of hydrogen-bond acceptors (Lipinski definition) is 3. The van der Waals surface area contributed by atoms with E-state index in [1.54, 1.807) is 0 Å². The van der Waals surface area contributed by atoms with E-state index in [2.05, 4.69) is 34.3 Å². The van der Waals surface area contributed by atoms with Crippen molar-refractivity contribution in [3.8, 4) is 11.1 Å². The lowest BCUT2D eigenvalue weighted by Gasteiger charge is -2.05. The fourth-order valence-corrected chi connectivity index (χ4v) is 3.61. The molecule has 2 heterocycles. The van der Waals surface area contributed by atoms with Crippen molar-refractivity contribution in [1.82, 2.24) is 15.3 Å². The van der Waals surface area contributed by atoms with Crippen LogP contribution in [0.15, 0.2) is 60.0 Å². The molecule has 0 aliphatic rings. The molecule has 0 saturated carbocycles. The van der Waals surface area contributed by atoms with Gasteiger partial charge in [0, 0.05) is 5.56 Å². The summed E-state index contributed by atoms with van der Waals surface area (Å²) < 4.78 is 0. The van der Waals surface area contributed by atoms with E-state index in [9.17, 15) is 4.79 Å². The molecule has 0 saturated heterocycles. The van der Waals surface area contributed by atoms with Crippen molar-refractivity contribution in [3.05, 3.63) is 76.2 Å². The number of aromatic nitrogens is 2. The minimum Gasteiger partial charge on any atom is -0.344 e. The Kier molecular flexibility index (Phi) is 4.07. The van der Waals surface area contributed by atoms with E-state index in [-0.39, 0.29) is 5.91 Å². The molecular weight excluding hydrogens is 330 g/mol. The molecule has 0 aliphatic heterocycles. The number of rotatable bonds is 4. The second-order valence-corrected chi connectivity index (χ2v) is 6.83. The number of carbonyl (C=O) groups is 1. The van der Waals surface area contributed by atoms with E-state index in [4.69, 9.17) is 0 Å². The van der Waals surface area contributed by atoms with Gasteiger partial charge in [-0.25, -0.2) is 4.98 Å². The van der Waals surface area contributed by atoms with Crippen LogP contribution >= 0.6 is 11.3 Å². The first kappa shape index (κ1) is 15.6. The topological polar surface area (TPSA) is 57.8 Å². The Morgan fingerprint density at radius 1 is 1.12 bits per heavy atom. The summed E-state index contributed by atoms with van der Waals surface area (Å²) in [5.74, 6) is 0.675. The summed E-state index contributed by atoms with van der Waals surface area (Å²) in [4.78, 5) is 21.1.